The van der Waals surface area contributed by atoms with Gasteiger partial charge in [-0.1, -0.05) is 13.3 Å². The predicted octanol–water partition coefficient (Wildman–Crippen LogP) is 0.772. The Hall–Kier alpha value is -1.96. The van der Waals surface area contributed by atoms with Gasteiger partial charge in [-0.2, -0.15) is 5.10 Å². The third-order valence-corrected chi connectivity index (χ3v) is 3.59. The molecule has 0 fully saturated rings. The number of anilines is 2. The van der Waals surface area contributed by atoms with E-state index in [1.807, 2.05) is 7.05 Å². The van der Waals surface area contributed by atoms with Crippen molar-refractivity contribution in [2.75, 3.05) is 11.5 Å². The second-order valence-electron chi connectivity index (χ2n) is 4.12. The summed E-state index contributed by atoms with van der Waals surface area (Å²) in [7, 11) is 1.81. The standard InChI is InChI=1S/C11H16N6OS/c1-3-4-6-9(13)10(17(2)16-6)19-11-14-7(12)5-8(18)15-11/h5H,3-4,13H2,1-2H3,(H3,12,14,15,18). The molecule has 0 saturated heterocycles. The van der Waals surface area contributed by atoms with Crippen LogP contribution in [0.15, 0.2) is 21.0 Å². The minimum atomic E-state index is -0.287. The van der Waals surface area contributed by atoms with Crippen LogP contribution in [0.3, 0.4) is 0 Å². The summed E-state index contributed by atoms with van der Waals surface area (Å²) in [6.07, 6.45) is 1.79. The van der Waals surface area contributed by atoms with Crippen molar-refractivity contribution >= 4 is 23.3 Å². The lowest BCUT2D eigenvalue weighted by Gasteiger charge is -2.03. The van der Waals surface area contributed by atoms with Crippen LogP contribution in [0.5, 0.6) is 0 Å². The van der Waals surface area contributed by atoms with E-state index < -0.39 is 0 Å². The summed E-state index contributed by atoms with van der Waals surface area (Å²) in [6, 6.07) is 1.24. The smallest absolute Gasteiger partial charge is 0.253 e. The fraction of sp³-hybridized carbons (Fsp3) is 0.364. The van der Waals surface area contributed by atoms with Crippen molar-refractivity contribution in [3.63, 3.8) is 0 Å². The van der Waals surface area contributed by atoms with Gasteiger partial charge in [0, 0.05) is 13.1 Å². The Morgan fingerprint density at radius 3 is 2.84 bits per heavy atom. The molecule has 5 N–H and O–H groups in total. The Balaban J connectivity index is 2.35. The molecular formula is C11H16N6OS. The highest BCUT2D eigenvalue weighted by molar-refractivity contribution is 7.99. The normalized spacial score (nSPS) is 10.8. The SMILES string of the molecule is CCCc1nn(C)c(Sc2nc(N)cc(=O)[nH]2)c1N. The molecule has 0 saturated carbocycles. The molecule has 0 aliphatic heterocycles. The van der Waals surface area contributed by atoms with Crippen LogP contribution in [0.1, 0.15) is 19.0 Å². The van der Waals surface area contributed by atoms with E-state index in [0.717, 1.165) is 23.6 Å². The molecule has 0 atom stereocenters. The van der Waals surface area contributed by atoms with Crippen LogP contribution in [0, 0.1) is 0 Å². The van der Waals surface area contributed by atoms with Crippen LogP contribution in [-0.4, -0.2) is 19.7 Å². The third-order valence-electron chi connectivity index (χ3n) is 2.53. The molecule has 0 amide bonds. The van der Waals surface area contributed by atoms with Gasteiger partial charge in [0.05, 0.1) is 11.4 Å². The van der Waals surface area contributed by atoms with Crippen molar-refractivity contribution in [3.05, 3.63) is 22.1 Å². The van der Waals surface area contributed by atoms with Gasteiger partial charge < -0.3 is 16.5 Å². The summed E-state index contributed by atoms with van der Waals surface area (Å²) in [5.41, 5.74) is 12.8. The van der Waals surface area contributed by atoms with Gasteiger partial charge >= 0.3 is 0 Å². The molecule has 8 heteroatoms. The first-order chi connectivity index (χ1) is 9.01. The summed E-state index contributed by atoms with van der Waals surface area (Å²) < 4.78 is 1.69. The molecule has 19 heavy (non-hydrogen) atoms. The number of hydrogen-bond acceptors (Lipinski definition) is 6. The van der Waals surface area contributed by atoms with Gasteiger partial charge in [0.2, 0.25) is 0 Å². The topological polar surface area (TPSA) is 116 Å². The van der Waals surface area contributed by atoms with E-state index in [-0.39, 0.29) is 11.4 Å². The maximum absolute atomic E-state index is 11.3. The molecule has 2 aromatic heterocycles. The van der Waals surface area contributed by atoms with Crippen LogP contribution in [-0.2, 0) is 13.5 Å². The number of nitrogens with two attached hydrogens (primary N) is 2. The summed E-state index contributed by atoms with van der Waals surface area (Å²) >= 11 is 1.24. The molecule has 0 radical (unpaired) electrons. The first-order valence-electron chi connectivity index (χ1n) is 5.87. The Labute approximate surface area is 114 Å². The van der Waals surface area contributed by atoms with Crippen LogP contribution >= 0.6 is 11.8 Å². The van der Waals surface area contributed by atoms with Gasteiger partial charge in [0.15, 0.2) is 5.16 Å². The van der Waals surface area contributed by atoms with Crippen LogP contribution in [0.4, 0.5) is 11.5 Å². The number of nitrogens with zero attached hydrogens (tertiary/aromatic N) is 3. The Kier molecular flexibility index (Phi) is 3.79. The molecule has 2 aromatic rings. The van der Waals surface area contributed by atoms with E-state index in [1.165, 1.54) is 17.8 Å². The molecule has 0 unspecified atom stereocenters. The number of nitrogen functional groups attached to an aromatic ring is 2. The number of H-pyrrole nitrogens is 1. The minimum absolute atomic E-state index is 0.181. The first kappa shape index (κ1) is 13.5. The van der Waals surface area contributed by atoms with Crippen molar-refractivity contribution < 1.29 is 0 Å². The Morgan fingerprint density at radius 2 is 2.21 bits per heavy atom. The van der Waals surface area contributed by atoms with Gasteiger partial charge in [0.1, 0.15) is 10.8 Å². The highest BCUT2D eigenvalue weighted by atomic mass is 32.2. The zero-order chi connectivity index (χ0) is 14.0. The quantitative estimate of drug-likeness (QED) is 0.712. The maximum Gasteiger partial charge on any atom is 0.253 e. The molecule has 0 aliphatic rings. The highest BCUT2D eigenvalue weighted by Crippen LogP contribution is 2.31. The second-order valence-corrected chi connectivity index (χ2v) is 5.09. The number of nitrogens with one attached hydrogen (secondary N) is 1. The van der Waals surface area contributed by atoms with Crippen molar-refractivity contribution in [2.24, 2.45) is 7.05 Å². The fourth-order valence-electron chi connectivity index (χ4n) is 1.71. The lowest BCUT2D eigenvalue weighted by Crippen LogP contribution is -2.09. The Morgan fingerprint density at radius 1 is 1.47 bits per heavy atom. The zero-order valence-electron chi connectivity index (χ0n) is 10.8. The fourth-order valence-corrected chi connectivity index (χ4v) is 2.60. The molecular weight excluding hydrogens is 264 g/mol. The summed E-state index contributed by atoms with van der Waals surface area (Å²) in [5, 5.41) is 5.51. The van der Waals surface area contributed by atoms with E-state index in [1.54, 1.807) is 4.68 Å². The van der Waals surface area contributed by atoms with Crippen LogP contribution < -0.4 is 17.0 Å². The van der Waals surface area contributed by atoms with Crippen molar-refractivity contribution in [2.45, 2.75) is 29.9 Å². The molecule has 0 aromatic carbocycles. The summed E-state index contributed by atoms with van der Waals surface area (Å²) in [6.45, 7) is 2.07. The van der Waals surface area contributed by atoms with E-state index in [2.05, 4.69) is 22.0 Å². The molecule has 2 heterocycles. The average Bonchev–Trinajstić information content (AvgIpc) is 2.56. The van der Waals surface area contributed by atoms with Gasteiger partial charge in [-0.3, -0.25) is 9.48 Å². The van der Waals surface area contributed by atoms with E-state index >= 15 is 0 Å². The number of aromatic nitrogens is 4. The first-order valence-corrected chi connectivity index (χ1v) is 6.69. The molecule has 0 bridgehead atoms. The monoisotopic (exact) mass is 280 g/mol. The van der Waals surface area contributed by atoms with Crippen molar-refractivity contribution in [1.82, 2.24) is 19.7 Å². The van der Waals surface area contributed by atoms with Gasteiger partial charge in [-0.15, -0.1) is 0 Å². The number of hydrogen-bond donors (Lipinski definition) is 3. The van der Waals surface area contributed by atoms with Crippen LogP contribution in [0.2, 0.25) is 0 Å². The highest BCUT2D eigenvalue weighted by Gasteiger charge is 2.15. The predicted molar refractivity (Wildman–Crippen MR) is 75.0 cm³/mol. The molecule has 0 spiro atoms. The molecule has 102 valence electrons. The minimum Gasteiger partial charge on any atom is -0.395 e. The molecule has 0 aliphatic carbocycles. The van der Waals surface area contributed by atoms with Gasteiger partial charge in [-0.25, -0.2) is 4.98 Å². The molecule has 7 nitrogen and oxygen atoms in total. The molecule has 2 rings (SSSR count). The van der Waals surface area contributed by atoms with Crippen LogP contribution in [0.25, 0.3) is 0 Å². The lowest BCUT2D eigenvalue weighted by atomic mass is 10.2. The van der Waals surface area contributed by atoms with E-state index in [9.17, 15) is 4.79 Å². The second kappa shape index (κ2) is 5.35. The van der Waals surface area contributed by atoms with Gasteiger partial charge in [-0.05, 0) is 18.2 Å². The summed E-state index contributed by atoms with van der Waals surface area (Å²) in [5.74, 6) is 0.181. The average molecular weight is 280 g/mol. The largest absolute Gasteiger partial charge is 0.395 e. The van der Waals surface area contributed by atoms with Crippen molar-refractivity contribution in [1.29, 1.82) is 0 Å². The zero-order valence-corrected chi connectivity index (χ0v) is 11.6. The number of aromatic amines is 1. The summed E-state index contributed by atoms with van der Waals surface area (Å²) in [4.78, 5) is 18.0. The Bertz CT molecular complexity index is 647. The third kappa shape index (κ3) is 2.90. The maximum atomic E-state index is 11.3. The number of aryl methyl sites for hydroxylation is 2. The van der Waals surface area contributed by atoms with E-state index in [4.69, 9.17) is 11.5 Å². The van der Waals surface area contributed by atoms with E-state index in [0.29, 0.717) is 10.8 Å². The lowest BCUT2D eigenvalue weighted by molar-refractivity contribution is 0.680. The van der Waals surface area contributed by atoms with Gasteiger partial charge in [0.25, 0.3) is 5.56 Å². The van der Waals surface area contributed by atoms with Crippen molar-refractivity contribution in [3.8, 4) is 0 Å². The number of rotatable bonds is 4.